The standard InChI is InChI=1S/C10H15N5O3/c11-13-9-4-3-8(15(17)18)10(12-9)14-5-1-2-7(16)6-14/h3-4,7,16H,1-2,5-6,11H2,(H,12,13). The topological polar surface area (TPSA) is 118 Å². The molecular weight excluding hydrogens is 238 g/mol. The number of rotatable bonds is 3. The molecule has 0 saturated carbocycles. The molecule has 0 aromatic carbocycles. The van der Waals surface area contributed by atoms with Crippen LogP contribution in [-0.2, 0) is 0 Å². The van der Waals surface area contributed by atoms with Gasteiger partial charge in [-0.1, -0.05) is 0 Å². The Morgan fingerprint density at radius 3 is 3.00 bits per heavy atom. The molecule has 98 valence electrons. The summed E-state index contributed by atoms with van der Waals surface area (Å²) in [7, 11) is 0. The Morgan fingerprint density at radius 2 is 2.39 bits per heavy atom. The zero-order chi connectivity index (χ0) is 13.1. The van der Waals surface area contributed by atoms with E-state index in [0.29, 0.717) is 25.3 Å². The Labute approximate surface area is 104 Å². The highest BCUT2D eigenvalue weighted by atomic mass is 16.6. The summed E-state index contributed by atoms with van der Waals surface area (Å²) in [5.74, 6) is 5.85. The molecule has 8 heteroatoms. The molecule has 18 heavy (non-hydrogen) atoms. The normalized spacial score (nSPS) is 19.7. The molecule has 0 amide bonds. The smallest absolute Gasteiger partial charge is 0.311 e. The fourth-order valence-corrected chi connectivity index (χ4v) is 2.04. The van der Waals surface area contributed by atoms with Crippen molar-refractivity contribution >= 4 is 17.3 Å². The van der Waals surface area contributed by atoms with Crippen molar-refractivity contribution in [2.24, 2.45) is 5.84 Å². The number of hydrogen-bond acceptors (Lipinski definition) is 7. The van der Waals surface area contributed by atoms with Gasteiger partial charge in [0.1, 0.15) is 5.82 Å². The molecule has 1 aromatic rings. The van der Waals surface area contributed by atoms with E-state index >= 15 is 0 Å². The van der Waals surface area contributed by atoms with Crippen molar-refractivity contribution < 1.29 is 10.0 Å². The summed E-state index contributed by atoms with van der Waals surface area (Å²) in [6, 6.07) is 2.81. The lowest BCUT2D eigenvalue weighted by Crippen LogP contribution is -2.39. The Bertz CT molecular complexity index is 453. The summed E-state index contributed by atoms with van der Waals surface area (Å²) >= 11 is 0. The molecule has 2 heterocycles. The van der Waals surface area contributed by atoms with Crippen LogP contribution in [-0.4, -0.2) is 34.2 Å². The van der Waals surface area contributed by atoms with Crippen LogP contribution < -0.4 is 16.2 Å². The van der Waals surface area contributed by atoms with Gasteiger partial charge in [-0.25, -0.2) is 10.8 Å². The van der Waals surface area contributed by atoms with Crippen LogP contribution in [0.5, 0.6) is 0 Å². The summed E-state index contributed by atoms with van der Waals surface area (Å²) in [6.45, 7) is 0.987. The van der Waals surface area contributed by atoms with Crippen molar-refractivity contribution in [3.8, 4) is 0 Å². The molecular formula is C10H15N5O3. The van der Waals surface area contributed by atoms with Gasteiger partial charge in [-0.3, -0.25) is 10.1 Å². The van der Waals surface area contributed by atoms with E-state index in [-0.39, 0.29) is 11.5 Å². The number of hydrogen-bond donors (Lipinski definition) is 3. The molecule has 1 aromatic heterocycles. The molecule has 1 aliphatic heterocycles. The van der Waals surface area contributed by atoms with Gasteiger partial charge in [-0.15, -0.1) is 0 Å². The second-order valence-electron chi connectivity index (χ2n) is 4.18. The number of nitrogens with zero attached hydrogens (tertiary/aromatic N) is 3. The number of nitrogen functional groups attached to an aromatic ring is 1. The molecule has 1 atom stereocenters. The van der Waals surface area contributed by atoms with Gasteiger partial charge in [0.05, 0.1) is 11.0 Å². The van der Waals surface area contributed by atoms with E-state index in [4.69, 9.17) is 5.84 Å². The van der Waals surface area contributed by atoms with Gasteiger partial charge in [0.25, 0.3) is 0 Å². The minimum absolute atomic E-state index is 0.0805. The van der Waals surface area contributed by atoms with Gasteiger partial charge in [0, 0.05) is 19.2 Å². The predicted octanol–water partition coefficient (Wildman–Crippen LogP) is 0.236. The largest absolute Gasteiger partial charge is 0.391 e. The van der Waals surface area contributed by atoms with Gasteiger partial charge < -0.3 is 15.4 Å². The molecule has 1 aliphatic rings. The summed E-state index contributed by atoms with van der Waals surface area (Å²) < 4.78 is 0. The first-order chi connectivity index (χ1) is 8.61. The van der Waals surface area contributed by atoms with Crippen molar-refractivity contribution in [2.45, 2.75) is 18.9 Å². The highest BCUT2D eigenvalue weighted by Gasteiger charge is 2.26. The minimum atomic E-state index is -0.483. The number of pyridine rings is 1. The SMILES string of the molecule is NNc1ccc([N+](=O)[O-])c(N2CCCC(O)C2)n1. The number of nitro groups is 1. The summed E-state index contributed by atoms with van der Waals surface area (Å²) in [4.78, 5) is 16.3. The third kappa shape index (κ3) is 2.49. The van der Waals surface area contributed by atoms with Crippen LogP contribution in [0.2, 0.25) is 0 Å². The van der Waals surface area contributed by atoms with E-state index in [1.807, 2.05) is 0 Å². The van der Waals surface area contributed by atoms with Crippen LogP contribution in [0.3, 0.4) is 0 Å². The van der Waals surface area contributed by atoms with Crippen molar-refractivity contribution in [3.63, 3.8) is 0 Å². The van der Waals surface area contributed by atoms with Crippen molar-refractivity contribution in [3.05, 3.63) is 22.2 Å². The van der Waals surface area contributed by atoms with E-state index in [9.17, 15) is 15.2 Å². The first-order valence-electron chi connectivity index (χ1n) is 5.67. The average molecular weight is 253 g/mol. The number of anilines is 2. The predicted molar refractivity (Wildman–Crippen MR) is 66.2 cm³/mol. The highest BCUT2D eigenvalue weighted by Crippen LogP contribution is 2.29. The Balaban J connectivity index is 2.36. The van der Waals surface area contributed by atoms with Crippen LogP contribution in [0.1, 0.15) is 12.8 Å². The minimum Gasteiger partial charge on any atom is -0.391 e. The molecule has 0 bridgehead atoms. The zero-order valence-electron chi connectivity index (χ0n) is 9.74. The zero-order valence-corrected chi connectivity index (χ0v) is 9.74. The second kappa shape index (κ2) is 5.15. The summed E-state index contributed by atoms with van der Waals surface area (Å²) in [5.41, 5.74) is 2.28. The number of aliphatic hydroxyl groups is 1. The number of aliphatic hydroxyl groups excluding tert-OH is 1. The molecule has 0 aliphatic carbocycles. The van der Waals surface area contributed by atoms with Gasteiger partial charge in [0.15, 0.2) is 0 Å². The van der Waals surface area contributed by atoms with Crippen molar-refractivity contribution in [2.75, 3.05) is 23.4 Å². The molecule has 4 N–H and O–H groups in total. The van der Waals surface area contributed by atoms with Gasteiger partial charge in [-0.05, 0) is 18.9 Å². The van der Waals surface area contributed by atoms with Crippen LogP contribution in [0, 0.1) is 10.1 Å². The van der Waals surface area contributed by atoms with Crippen LogP contribution in [0.25, 0.3) is 0 Å². The lowest BCUT2D eigenvalue weighted by atomic mass is 10.1. The van der Waals surface area contributed by atoms with E-state index in [1.165, 1.54) is 12.1 Å². The molecule has 2 rings (SSSR count). The Kier molecular flexibility index (Phi) is 3.58. The maximum atomic E-state index is 11.0. The Hall–Kier alpha value is -1.93. The molecule has 1 unspecified atom stereocenters. The van der Waals surface area contributed by atoms with E-state index in [0.717, 1.165) is 6.42 Å². The van der Waals surface area contributed by atoms with Gasteiger partial charge >= 0.3 is 5.69 Å². The van der Waals surface area contributed by atoms with Gasteiger partial charge in [-0.2, -0.15) is 0 Å². The molecule has 1 fully saturated rings. The number of β-amino-alcohol motifs (C(OH)–C–C–N with tert-alkyl or cyclic N) is 1. The maximum absolute atomic E-state index is 11.0. The van der Waals surface area contributed by atoms with E-state index in [1.54, 1.807) is 4.90 Å². The van der Waals surface area contributed by atoms with E-state index < -0.39 is 11.0 Å². The van der Waals surface area contributed by atoms with E-state index in [2.05, 4.69) is 10.4 Å². The lowest BCUT2D eigenvalue weighted by molar-refractivity contribution is -0.384. The number of nitrogens with one attached hydrogen (secondary N) is 1. The maximum Gasteiger partial charge on any atom is 0.311 e. The molecule has 1 saturated heterocycles. The third-order valence-electron chi connectivity index (χ3n) is 2.90. The summed E-state index contributed by atoms with van der Waals surface area (Å²) in [5, 5.41) is 20.6. The lowest BCUT2D eigenvalue weighted by Gasteiger charge is -2.30. The quantitative estimate of drug-likeness (QED) is 0.401. The highest BCUT2D eigenvalue weighted by molar-refractivity contribution is 5.61. The van der Waals surface area contributed by atoms with Crippen LogP contribution >= 0.6 is 0 Å². The summed E-state index contributed by atoms with van der Waals surface area (Å²) in [6.07, 6.45) is 1.01. The van der Waals surface area contributed by atoms with Crippen molar-refractivity contribution in [1.29, 1.82) is 0 Å². The van der Waals surface area contributed by atoms with Crippen LogP contribution in [0.15, 0.2) is 12.1 Å². The number of hydrazine groups is 1. The first kappa shape index (κ1) is 12.5. The Morgan fingerprint density at radius 1 is 1.61 bits per heavy atom. The molecule has 0 radical (unpaired) electrons. The number of piperidine rings is 1. The molecule has 8 nitrogen and oxygen atoms in total. The van der Waals surface area contributed by atoms with Crippen molar-refractivity contribution in [1.82, 2.24) is 4.98 Å². The number of nitrogens with two attached hydrogens (primary N) is 1. The average Bonchev–Trinajstić information content (AvgIpc) is 2.38. The fourth-order valence-electron chi connectivity index (χ4n) is 2.04. The van der Waals surface area contributed by atoms with Gasteiger partial charge in [0.2, 0.25) is 5.82 Å². The number of aromatic nitrogens is 1. The van der Waals surface area contributed by atoms with Crippen LogP contribution in [0.4, 0.5) is 17.3 Å². The third-order valence-corrected chi connectivity index (χ3v) is 2.90. The monoisotopic (exact) mass is 253 g/mol. The second-order valence-corrected chi connectivity index (χ2v) is 4.18. The first-order valence-corrected chi connectivity index (χ1v) is 5.67. The molecule has 0 spiro atoms. The fraction of sp³-hybridized carbons (Fsp3) is 0.500.